The van der Waals surface area contributed by atoms with Crippen molar-refractivity contribution in [3.63, 3.8) is 0 Å². The Hall–Kier alpha value is -1.56. The second kappa shape index (κ2) is 3.67. The van der Waals surface area contributed by atoms with E-state index in [2.05, 4.69) is 10.8 Å². The molecule has 1 aromatic rings. The normalized spacial score (nSPS) is 10.9. The van der Waals surface area contributed by atoms with E-state index >= 15 is 0 Å². The lowest BCUT2D eigenvalue weighted by atomic mass is 10.2. The van der Waals surface area contributed by atoms with Gasteiger partial charge in [-0.15, -0.1) is 0 Å². The van der Waals surface area contributed by atoms with Gasteiger partial charge in [-0.3, -0.25) is 4.72 Å². The van der Waals surface area contributed by atoms with E-state index in [0.717, 1.165) is 6.26 Å². The lowest BCUT2D eigenvalue weighted by Gasteiger charge is -2.05. The topological polar surface area (TPSA) is 83.5 Å². The molecule has 0 aliphatic carbocycles. The smallest absolute Gasteiger partial charge is 0.337 e. The highest BCUT2D eigenvalue weighted by atomic mass is 32.2. The lowest BCUT2D eigenvalue weighted by molar-refractivity contribution is 0.0698. The number of aromatic carboxylic acids is 1. The summed E-state index contributed by atoms with van der Waals surface area (Å²) in [6.45, 7) is 0. The first-order chi connectivity index (χ1) is 6.40. The average molecular weight is 214 g/mol. The van der Waals surface area contributed by atoms with Gasteiger partial charge < -0.3 is 5.11 Å². The highest BCUT2D eigenvalue weighted by Crippen LogP contribution is 2.14. The number of nitrogens with one attached hydrogen (secondary N) is 1. The molecule has 0 amide bonds. The number of carboxylic acids is 1. The summed E-state index contributed by atoms with van der Waals surface area (Å²) in [6.07, 6.45) is 0.944. The molecule has 1 aromatic carbocycles. The van der Waals surface area contributed by atoms with Gasteiger partial charge in [-0.2, -0.15) is 0 Å². The molecule has 0 aliphatic rings. The van der Waals surface area contributed by atoms with Crippen molar-refractivity contribution in [2.75, 3.05) is 11.0 Å². The maximum absolute atomic E-state index is 10.9. The van der Waals surface area contributed by atoms with E-state index in [1.807, 2.05) is 0 Å². The van der Waals surface area contributed by atoms with E-state index in [0.29, 0.717) is 0 Å². The number of hydrogen-bond donors (Lipinski definition) is 2. The zero-order valence-corrected chi connectivity index (χ0v) is 8.13. The Morgan fingerprint density at radius 2 is 2.21 bits per heavy atom. The first kappa shape index (κ1) is 10.5. The molecule has 5 nitrogen and oxygen atoms in total. The predicted molar refractivity (Wildman–Crippen MR) is 50.7 cm³/mol. The molecule has 1 radical (unpaired) electrons. The van der Waals surface area contributed by atoms with Crippen molar-refractivity contribution in [2.24, 2.45) is 0 Å². The Bertz CT molecular complexity index is 452. The van der Waals surface area contributed by atoms with Gasteiger partial charge in [-0.25, -0.2) is 13.2 Å². The molecular formula is C8H8NO4S. The number of carboxylic acid groups (broad SMARTS) is 1. The van der Waals surface area contributed by atoms with Gasteiger partial charge in [0.05, 0.1) is 17.5 Å². The number of rotatable bonds is 3. The molecule has 0 spiro atoms. The highest BCUT2D eigenvalue weighted by Gasteiger charge is 2.11. The van der Waals surface area contributed by atoms with Gasteiger partial charge in [0, 0.05) is 6.07 Å². The number of hydrogen-bond acceptors (Lipinski definition) is 3. The molecule has 0 unspecified atom stereocenters. The first-order valence-corrected chi connectivity index (χ1v) is 5.51. The average Bonchev–Trinajstić information content (AvgIpc) is 2.01. The van der Waals surface area contributed by atoms with Crippen molar-refractivity contribution >= 4 is 21.7 Å². The molecule has 2 N–H and O–H groups in total. The van der Waals surface area contributed by atoms with Crippen LogP contribution in [0.3, 0.4) is 0 Å². The molecule has 0 heterocycles. The Labute approximate surface area is 81.4 Å². The quantitative estimate of drug-likeness (QED) is 0.769. The van der Waals surface area contributed by atoms with Crippen molar-refractivity contribution in [3.8, 4) is 0 Å². The van der Waals surface area contributed by atoms with Crippen LogP contribution in [0.15, 0.2) is 18.2 Å². The van der Waals surface area contributed by atoms with Crippen molar-refractivity contribution in [1.82, 2.24) is 0 Å². The van der Waals surface area contributed by atoms with Gasteiger partial charge >= 0.3 is 5.97 Å². The monoisotopic (exact) mass is 214 g/mol. The molecule has 6 heteroatoms. The maximum Gasteiger partial charge on any atom is 0.337 e. The zero-order chi connectivity index (χ0) is 10.8. The highest BCUT2D eigenvalue weighted by molar-refractivity contribution is 7.92. The first-order valence-electron chi connectivity index (χ1n) is 3.62. The lowest BCUT2D eigenvalue weighted by Crippen LogP contribution is -2.13. The Morgan fingerprint density at radius 3 is 2.71 bits per heavy atom. The summed E-state index contributed by atoms with van der Waals surface area (Å²) in [6, 6.07) is 6.70. The van der Waals surface area contributed by atoms with E-state index in [9.17, 15) is 13.2 Å². The molecule has 0 saturated heterocycles. The van der Waals surface area contributed by atoms with Gasteiger partial charge in [0.25, 0.3) is 0 Å². The largest absolute Gasteiger partial charge is 0.478 e. The number of anilines is 1. The van der Waals surface area contributed by atoms with Crippen LogP contribution in [0.25, 0.3) is 0 Å². The third-order valence-electron chi connectivity index (χ3n) is 1.37. The van der Waals surface area contributed by atoms with Crippen LogP contribution in [0.4, 0.5) is 5.69 Å². The fourth-order valence-electron chi connectivity index (χ4n) is 0.885. The number of para-hydroxylation sites is 1. The predicted octanol–water partition coefficient (Wildman–Crippen LogP) is 0.556. The van der Waals surface area contributed by atoms with Crippen molar-refractivity contribution in [3.05, 3.63) is 29.8 Å². The van der Waals surface area contributed by atoms with Crippen molar-refractivity contribution < 1.29 is 18.3 Å². The third-order valence-corrected chi connectivity index (χ3v) is 1.95. The molecular weight excluding hydrogens is 206 g/mol. The van der Waals surface area contributed by atoms with Gasteiger partial charge in [0.15, 0.2) is 0 Å². The summed E-state index contributed by atoms with van der Waals surface area (Å²) in [5, 5.41) is 8.71. The fourth-order valence-corrected chi connectivity index (χ4v) is 1.42. The zero-order valence-electron chi connectivity index (χ0n) is 7.31. The van der Waals surface area contributed by atoms with Crippen LogP contribution in [-0.2, 0) is 10.0 Å². The number of benzene rings is 1. The number of carbonyl (C=O) groups is 1. The Balaban J connectivity index is 3.15. The maximum atomic E-state index is 10.9. The SMILES string of the molecule is CS(=O)(=O)Nc1[c]cccc1C(=O)O. The number of sulfonamides is 1. The van der Waals surface area contributed by atoms with Crippen LogP contribution in [0, 0.1) is 6.07 Å². The van der Waals surface area contributed by atoms with Gasteiger partial charge in [0.2, 0.25) is 10.0 Å². The summed E-state index contributed by atoms with van der Waals surface area (Å²) < 4.78 is 23.8. The van der Waals surface area contributed by atoms with Crippen LogP contribution in [-0.4, -0.2) is 25.7 Å². The van der Waals surface area contributed by atoms with Gasteiger partial charge in [0.1, 0.15) is 0 Å². The van der Waals surface area contributed by atoms with Crippen LogP contribution in [0.2, 0.25) is 0 Å². The molecule has 75 valence electrons. The molecule has 0 atom stereocenters. The molecule has 1 rings (SSSR count). The van der Waals surface area contributed by atoms with E-state index in [1.165, 1.54) is 18.2 Å². The minimum Gasteiger partial charge on any atom is -0.478 e. The minimum atomic E-state index is -3.48. The van der Waals surface area contributed by atoms with E-state index in [-0.39, 0.29) is 11.3 Å². The molecule has 0 saturated carbocycles. The van der Waals surface area contributed by atoms with Crippen LogP contribution >= 0.6 is 0 Å². The fraction of sp³-hybridized carbons (Fsp3) is 0.125. The summed E-state index contributed by atoms with van der Waals surface area (Å²) in [5.74, 6) is -1.20. The summed E-state index contributed by atoms with van der Waals surface area (Å²) >= 11 is 0. The summed E-state index contributed by atoms with van der Waals surface area (Å²) in [5.41, 5.74) is -0.180. The van der Waals surface area contributed by atoms with Crippen LogP contribution in [0.1, 0.15) is 10.4 Å². The molecule has 0 aliphatic heterocycles. The molecule has 0 aromatic heterocycles. The standard InChI is InChI=1S/C8H8NO4S/c1-14(12,13)9-7-5-3-2-4-6(7)8(10)11/h2-4,9H,1H3,(H,10,11). The molecule has 0 fully saturated rings. The molecule has 0 bridgehead atoms. The van der Waals surface area contributed by atoms with Gasteiger partial charge in [-0.05, 0) is 6.07 Å². The molecule has 14 heavy (non-hydrogen) atoms. The van der Waals surface area contributed by atoms with E-state index in [1.54, 1.807) is 0 Å². The second-order valence-corrected chi connectivity index (χ2v) is 4.39. The van der Waals surface area contributed by atoms with E-state index < -0.39 is 16.0 Å². The van der Waals surface area contributed by atoms with Crippen molar-refractivity contribution in [2.45, 2.75) is 0 Å². The van der Waals surface area contributed by atoms with Crippen molar-refractivity contribution in [1.29, 1.82) is 0 Å². The third kappa shape index (κ3) is 2.74. The van der Waals surface area contributed by atoms with Crippen LogP contribution < -0.4 is 4.72 Å². The minimum absolute atomic E-state index is 0.0532. The second-order valence-electron chi connectivity index (χ2n) is 2.64. The Kier molecular flexibility index (Phi) is 2.76. The summed E-state index contributed by atoms with van der Waals surface area (Å²) in [7, 11) is -3.48. The summed E-state index contributed by atoms with van der Waals surface area (Å²) in [4.78, 5) is 10.7. The van der Waals surface area contributed by atoms with Gasteiger partial charge in [-0.1, -0.05) is 12.1 Å². The van der Waals surface area contributed by atoms with E-state index in [4.69, 9.17) is 5.11 Å². The Morgan fingerprint density at radius 1 is 1.57 bits per heavy atom. The van der Waals surface area contributed by atoms with Crippen LogP contribution in [0.5, 0.6) is 0 Å².